The van der Waals surface area contributed by atoms with Crippen molar-refractivity contribution in [2.24, 2.45) is 22.6 Å². The van der Waals surface area contributed by atoms with Crippen LogP contribution in [0.25, 0.3) is 0 Å². The van der Waals surface area contributed by atoms with Crippen molar-refractivity contribution >= 4 is 52.8 Å². The number of aliphatic imine (C=N–C) groups is 1. The lowest BCUT2D eigenvalue weighted by Gasteiger charge is -2.29. The summed E-state index contributed by atoms with van der Waals surface area (Å²) in [6.45, 7) is 6.97. The first-order valence-corrected chi connectivity index (χ1v) is 16.6. The van der Waals surface area contributed by atoms with Crippen LogP contribution < -0.4 is 15.8 Å². The number of halogens is 2. The second kappa shape index (κ2) is 18.8. The molecule has 6 unspecified atom stereocenters. The molecule has 14 heteroatoms. The third-order valence-electron chi connectivity index (χ3n) is 8.23. The number of aliphatic hydroxyl groups excluding tert-OH is 1. The number of aliphatic hydroxyl groups is 1. The molecule has 50 heavy (non-hydrogen) atoms. The predicted molar refractivity (Wildman–Crippen MR) is 194 cm³/mol. The van der Waals surface area contributed by atoms with E-state index in [1.807, 2.05) is 6.92 Å². The number of carbonyl (C=O) groups excluding carboxylic acids is 2. The Balaban J connectivity index is 2.06. The number of hydrogen-bond acceptors (Lipinski definition) is 10. The minimum atomic E-state index is -1.01. The highest BCUT2D eigenvalue weighted by Crippen LogP contribution is 2.44. The fourth-order valence-electron chi connectivity index (χ4n) is 5.59. The molecule has 6 atom stereocenters. The van der Waals surface area contributed by atoms with E-state index in [-0.39, 0.29) is 53.0 Å². The van der Waals surface area contributed by atoms with Gasteiger partial charge in [-0.1, -0.05) is 61.4 Å². The van der Waals surface area contributed by atoms with Crippen molar-refractivity contribution in [3.05, 3.63) is 75.3 Å². The Bertz CT molecular complexity index is 1640. The summed E-state index contributed by atoms with van der Waals surface area (Å²) in [4.78, 5) is 29.4. The van der Waals surface area contributed by atoms with E-state index in [9.17, 15) is 24.9 Å². The van der Waals surface area contributed by atoms with Crippen LogP contribution in [0.2, 0.25) is 10.0 Å². The summed E-state index contributed by atoms with van der Waals surface area (Å²) in [7, 11) is 2.92. The monoisotopic (exact) mass is 733 g/mol. The molecule has 1 heterocycles. The van der Waals surface area contributed by atoms with Gasteiger partial charge in [0.05, 0.1) is 22.9 Å². The van der Waals surface area contributed by atoms with Gasteiger partial charge in [-0.25, -0.2) is 4.79 Å². The van der Waals surface area contributed by atoms with Crippen LogP contribution in [0.3, 0.4) is 0 Å². The predicted octanol–water partition coefficient (Wildman–Crippen LogP) is 6.65. The smallest absolute Gasteiger partial charge is 0.405 e. The number of amides is 2. The van der Waals surface area contributed by atoms with Crippen LogP contribution in [0.5, 0.6) is 17.2 Å². The number of nitrogens with one attached hydrogen (secondary N) is 1. The van der Waals surface area contributed by atoms with Crippen molar-refractivity contribution in [1.82, 2.24) is 0 Å². The number of carbonyl (C=O) groups is 2. The number of nitrogens with zero attached hydrogens (tertiary/aromatic N) is 1. The summed E-state index contributed by atoms with van der Waals surface area (Å²) in [6, 6.07) is 6.00. The van der Waals surface area contributed by atoms with Crippen LogP contribution >= 0.6 is 23.2 Å². The van der Waals surface area contributed by atoms with Crippen molar-refractivity contribution in [1.29, 1.82) is 0 Å². The number of allylic oxidation sites excluding steroid dienone is 2. The summed E-state index contributed by atoms with van der Waals surface area (Å²) >= 11 is 12.2. The first kappa shape index (κ1) is 40.4. The first-order chi connectivity index (χ1) is 23.7. The third-order valence-corrected chi connectivity index (χ3v) is 8.76. The fraction of sp³-hybridized carbons (Fsp3) is 0.417. The number of nitrogens with two attached hydrogens (primary N) is 1. The molecule has 6 N–H and O–H groups in total. The maximum atomic E-state index is 13.2. The van der Waals surface area contributed by atoms with Gasteiger partial charge in [0.1, 0.15) is 35.6 Å². The van der Waals surface area contributed by atoms with E-state index in [1.54, 1.807) is 57.2 Å². The molecule has 1 aliphatic heterocycles. The fourth-order valence-corrected chi connectivity index (χ4v) is 6.05. The van der Waals surface area contributed by atoms with Gasteiger partial charge in [-0.15, -0.1) is 0 Å². The second-order valence-electron chi connectivity index (χ2n) is 12.1. The molecule has 3 rings (SSSR count). The molecule has 0 radical (unpaired) electrons. The van der Waals surface area contributed by atoms with Gasteiger partial charge in [0.2, 0.25) is 0 Å². The number of anilines is 1. The minimum absolute atomic E-state index is 0.0232. The normalized spacial score (nSPS) is 25.0. The van der Waals surface area contributed by atoms with Crippen LogP contribution in [0.4, 0.5) is 16.2 Å². The number of benzene rings is 2. The highest BCUT2D eigenvalue weighted by atomic mass is 35.5. The summed E-state index contributed by atoms with van der Waals surface area (Å²) in [6.07, 6.45) is 3.97. The molecule has 2 bridgehead atoms. The quantitative estimate of drug-likeness (QED) is 0.0901. The molecule has 0 aromatic heterocycles. The Morgan fingerprint density at radius 3 is 2.50 bits per heavy atom. The van der Waals surface area contributed by atoms with Gasteiger partial charge < -0.3 is 45.3 Å². The highest BCUT2D eigenvalue weighted by molar-refractivity contribution is 6.35. The zero-order valence-corrected chi connectivity index (χ0v) is 30.4. The van der Waals surface area contributed by atoms with Crippen LogP contribution in [-0.2, 0) is 25.4 Å². The standard InChI is InChI=1S/C36H45Cl2N3O9/c1-19-14-24-31(40-12-13-49-28-11-10-23(37)17-25(28)38)27(42)18-26(33(24)44)41-35(45)20(2)8-7-9-29(47-5)34(50-36(39)46)22(4)16-21(3)32(43)30(15-19)48-6/h7-12,16-19,21,29-30,32,34,42-44H,13-15H2,1-6H3,(H2,39,46)(H,41,45)/b9-7?,20-8+,22-16?,40-12?. The summed E-state index contributed by atoms with van der Waals surface area (Å²) < 4.78 is 22.4. The van der Waals surface area contributed by atoms with Gasteiger partial charge in [-0.2, -0.15) is 0 Å². The van der Waals surface area contributed by atoms with Crippen LogP contribution in [0.1, 0.15) is 39.7 Å². The maximum Gasteiger partial charge on any atom is 0.405 e. The molecular formula is C36H45Cl2N3O9. The number of phenols is 2. The van der Waals surface area contributed by atoms with Crippen molar-refractivity contribution in [3.63, 3.8) is 0 Å². The summed E-state index contributed by atoms with van der Waals surface area (Å²) in [5.41, 5.74) is 6.50. The molecule has 2 amide bonds. The third kappa shape index (κ3) is 11.0. The number of hydrogen-bond donors (Lipinski definition) is 5. The molecule has 2 aromatic rings. The molecule has 1 aliphatic rings. The van der Waals surface area contributed by atoms with Crippen molar-refractivity contribution < 1.29 is 43.9 Å². The average molecular weight is 735 g/mol. The number of primary amides is 1. The number of fused-ring (bicyclic) bond motifs is 2. The Morgan fingerprint density at radius 1 is 1.14 bits per heavy atom. The lowest BCUT2D eigenvalue weighted by atomic mass is 9.87. The van der Waals surface area contributed by atoms with E-state index >= 15 is 0 Å². The topological polar surface area (TPSA) is 182 Å². The SMILES string of the molecule is COC1C=C/C=C(\C)C(=O)Nc2cc(O)c(N=CCOc3ccc(Cl)cc3Cl)c(c2O)CC(C)CC(OC)C(O)C(C)C=C(C)C1OC(N)=O. The number of rotatable bonds is 7. The number of methoxy groups -OCH3 is 2. The zero-order chi connectivity index (χ0) is 37.1. The van der Waals surface area contributed by atoms with Crippen LogP contribution in [0.15, 0.2) is 64.7 Å². The maximum absolute atomic E-state index is 13.2. The van der Waals surface area contributed by atoms with Crippen LogP contribution in [0, 0.1) is 11.8 Å². The van der Waals surface area contributed by atoms with E-state index in [0.717, 1.165) is 0 Å². The molecule has 0 saturated heterocycles. The van der Waals surface area contributed by atoms with Gasteiger partial charge in [-0.05, 0) is 56.4 Å². The molecule has 0 aliphatic carbocycles. The molecule has 0 spiro atoms. The van der Waals surface area contributed by atoms with Gasteiger partial charge in [0.15, 0.2) is 6.10 Å². The Morgan fingerprint density at radius 2 is 1.86 bits per heavy atom. The van der Waals surface area contributed by atoms with E-state index < -0.39 is 42.3 Å². The first-order valence-electron chi connectivity index (χ1n) is 15.9. The lowest BCUT2D eigenvalue weighted by molar-refractivity contribution is -0.112. The van der Waals surface area contributed by atoms with Crippen molar-refractivity contribution in [3.8, 4) is 17.2 Å². The number of phenolic OH excluding ortho intramolecular Hbond substituents is 2. The number of ether oxygens (including phenoxy) is 4. The van der Waals surface area contributed by atoms with Gasteiger partial charge >= 0.3 is 6.09 Å². The molecular weight excluding hydrogens is 689 g/mol. The minimum Gasteiger partial charge on any atom is -0.506 e. The molecule has 272 valence electrons. The van der Waals surface area contributed by atoms with Crippen molar-refractivity contribution in [2.45, 2.75) is 65.0 Å². The van der Waals surface area contributed by atoms with Gasteiger partial charge in [0.25, 0.3) is 5.91 Å². The van der Waals surface area contributed by atoms with E-state index in [0.29, 0.717) is 27.8 Å². The lowest BCUT2D eigenvalue weighted by Crippen LogP contribution is -2.37. The second-order valence-corrected chi connectivity index (χ2v) is 13.0. The molecule has 0 saturated carbocycles. The largest absolute Gasteiger partial charge is 0.506 e. The van der Waals surface area contributed by atoms with Gasteiger partial charge in [0, 0.05) is 48.6 Å². The molecule has 12 nitrogen and oxygen atoms in total. The summed E-state index contributed by atoms with van der Waals surface area (Å²) in [5.74, 6) is -1.46. The Kier molecular flexibility index (Phi) is 15.2. The highest BCUT2D eigenvalue weighted by Gasteiger charge is 2.30. The average Bonchev–Trinajstić information content (AvgIpc) is 3.06. The summed E-state index contributed by atoms with van der Waals surface area (Å²) in [5, 5.41) is 37.4. The van der Waals surface area contributed by atoms with E-state index in [1.165, 1.54) is 32.6 Å². The van der Waals surface area contributed by atoms with Gasteiger partial charge in [-0.3, -0.25) is 9.79 Å². The Hall–Kier alpha value is -4.07. The molecule has 0 fully saturated rings. The van der Waals surface area contributed by atoms with E-state index in [2.05, 4.69) is 10.3 Å². The zero-order valence-electron chi connectivity index (χ0n) is 28.9. The number of aromatic hydroxyl groups is 2. The Labute approximate surface area is 302 Å². The van der Waals surface area contributed by atoms with Crippen molar-refractivity contribution in [2.75, 3.05) is 26.1 Å². The molecule has 2 aromatic carbocycles. The van der Waals surface area contributed by atoms with E-state index in [4.69, 9.17) is 47.9 Å². The van der Waals surface area contributed by atoms with Crippen LogP contribution in [-0.4, -0.2) is 78.8 Å².